The second-order valence-corrected chi connectivity index (χ2v) is 28.9. The van der Waals surface area contributed by atoms with Crippen LogP contribution in [-0.4, -0.2) is 89.1 Å². The van der Waals surface area contributed by atoms with Crippen LogP contribution in [0.4, 0.5) is 26.3 Å². The molecular weight excluding hydrogens is 1500 g/mol. The van der Waals surface area contributed by atoms with Gasteiger partial charge in [0.1, 0.15) is 41.0 Å². The molecule has 0 spiro atoms. The Morgan fingerprint density at radius 1 is 0.458 bits per heavy atom. The van der Waals surface area contributed by atoms with Crippen molar-refractivity contribution in [2.75, 3.05) is 5.34 Å². The molecule has 12 aromatic rings. The number of pyridine rings is 3. The summed E-state index contributed by atoms with van der Waals surface area (Å²) in [6, 6.07) is 38.7. The third-order valence-corrected chi connectivity index (χ3v) is 21.1. The molecule has 6 aromatic heterocycles. The molecule has 107 heavy (non-hydrogen) atoms. The van der Waals surface area contributed by atoms with Crippen molar-refractivity contribution in [2.24, 2.45) is 0 Å². The number of hydrogen-bond donors (Lipinski definition) is 1. The second-order valence-electron chi connectivity index (χ2n) is 22.5. The van der Waals surface area contributed by atoms with E-state index in [0.29, 0.717) is 35.0 Å². The van der Waals surface area contributed by atoms with Gasteiger partial charge in [-0.2, -0.15) is 28.8 Å². The molecule has 20 nitrogen and oxygen atoms in total. The van der Waals surface area contributed by atoms with Gasteiger partial charge in [0.2, 0.25) is 29.5 Å². The summed E-state index contributed by atoms with van der Waals surface area (Å²) in [5, 5.41) is 13.1. The summed E-state index contributed by atoms with van der Waals surface area (Å²) in [7, 11) is -12.0. The summed E-state index contributed by atoms with van der Waals surface area (Å²) < 4.78 is 164. The fourth-order valence-electron chi connectivity index (χ4n) is 11.4. The Labute approximate surface area is 621 Å². The Morgan fingerprint density at radius 2 is 0.822 bits per heavy atom. The largest absolute Gasteiger partial charge is 0.383 e. The smallest absolute Gasteiger partial charge is 0.373 e. The van der Waals surface area contributed by atoms with Crippen LogP contribution in [-0.2, 0) is 84.3 Å². The highest BCUT2D eigenvalue weighted by atomic mass is 35.5. The number of fused-ring (bicyclic) bond motifs is 3. The summed E-state index contributed by atoms with van der Waals surface area (Å²) in [6.45, 7) is 14.5. The van der Waals surface area contributed by atoms with Crippen molar-refractivity contribution in [2.45, 2.75) is 123 Å². The number of nitrogens with zero attached hydrogens (tertiary/aromatic N) is 6. The quantitative estimate of drug-likeness (QED) is 0.0383. The predicted molar refractivity (Wildman–Crippen MR) is 383 cm³/mol. The van der Waals surface area contributed by atoms with Crippen LogP contribution in [0.25, 0.3) is 32.7 Å². The zero-order chi connectivity index (χ0) is 79.3. The maximum absolute atomic E-state index is 14.1. The minimum atomic E-state index is -4.14. The topological polar surface area (TPSA) is 296 Å². The molecule has 6 heterocycles. The van der Waals surface area contributed by atoms with Crippen LogP contribution in [0.1, 0.15) is 95.8 Å². The number of rotatable bonds is 17. The van der Waals surface area contributed by atoms with Gasteiger partial charge in [0.25, 0.3) is 0 Å². The fraction of sp³-hybridized carbons (Fsp3) is 0.197. The van der Waals surface area contributed by atoms with Gasteiger partial charge >= 0.3 is 18.5 Å². The third kappa shape index (κ3) is 21.9. The maximum Gasteiger partial charge on any atom is 0.373 e. The predicted octanol–water partition coefficient (Wildman–Crippen LogP) is 15.4. The zero-order valence-electron chi connectivity index (χ0n) is 57.9. The molecule has 0 aliphatic rings. The van der Waals surface area contributed by atoms with E-state index in [2.05, 4.69) is 44.9 Å². The van der Waals surface area contributed by atoms with Crippen LogP contribution in [0.3, 0.4) is 0 Å². The molecule has 12 rings (SSSR count). The molecule has 0 aliphatic heterocycles. The van der Waals surface area contributed by atoms with E-state index in [1.807, 2.05) is 37.5 Å². The van der Waals surface area contributed by atoms with Gasteiger partial charge in [-0.05, 0) is 209 Å². The van der Waals surface area contributed by atoms with Crippen molar-refractivity contribution in [1.82, 2.24) is 28.7 Å². The lowest BCUT2D eigenvalue weighted by atomic mass is 10.00. The van der Waals surface area contributed by atoms with Crippen molar-refractivity contribution < 1.29 is 90.3 Å². The van der Waals surface area contributed by atoms with E-state index < -0.39 is 58.9 Å². The van der Waals surface area contributed by atoms with Gasteiger partial charge < -0.3 is 18.8 Å². The number of carbonyl (C=O) groups is 1. The van der Waals surface area contributed by atoms with Gasteiger partial charge in [-0.15, -0.1) is 23.2 Å². The van der Waals surface area contributed by atoms with Crippen molar-refractivity contribution in [1.29, 1.82) is 0 Å². The minimum absolute atomic E-state index is 0.0231. The average Bonchev–Trinajstić information content (AvgIpc) is 1.66. The van der Waals surface area contributed by atoms with Gasteiger partial charge in [-0.1, -0.05) is 32.9 Å². The monoisotopic (exact) mass is 1570 g/mol. The number of aliphatic hydroxyl groups excluding tert-OH is 1. The van der Waals surface area contributed by atoms with Crippen LogP contribution >= 0.6 is 23.2 Å². The van der Waals surface area contributed by atoms with Crippen molar-refractivity contribution >= 4 is 110 Å². The van der Waals surface area contributed by atoms with Crippen LogP contribution < -0.4 is 0 Å². The first-order valence-electron chi connectivity index (χ1n) is 31.9. The van der Waals surface area contributed by atoms with Crippen LogP contribution in [0, 0.1) is 55.7 Å². The van der Waals surface area contributed by atoms with Gasteiger partial charge in [0.15, 0.2) is 21.4 Å². The molecule has 1 atom stereocenters. The Bertz CT molecular complexity index is 5470. The number of aliphatic hydroxyl groups is 1. The highest BCUT2D eigenvalue weighted by Crippen LogP contribution is 2.38. The Hall–Kier alpha value is -10.8. The van der Waals surface area contributed by atoms with E-state index >= 15 is 0 Å². The first-order valence-corrected chi connectivity index (χ1v) is 37.4. The molecule has 0 saturated carbocycles. The number of halogens is 8. The lowest BCUT2D eigenvalue weighted by Gasteiger charge is -2.16. The second kappa shape index (κ2) is 41.2. The van der Waals surface area contributed by atoms with E-state index in [0.717, 1.165) is 132 Å². The number of aryl methyl sites for hydroxylation is 4. The Balaban J connectivity index is 0.000000253. The molecule has 1 N–H and O–H groups in total. The van der Waals surface area contributed by atoms with Crippen molar-refractivity contribution in [3.8, 4) is 0 Å². The van der Waals surface area contributed by atoms with Gasteiger partial charge in [0, 0.05) is 106 Å². The summed E-state index contributed by atoms with van der Waals surface area (Å²) in [6.07, 6.45) is 6.96. The van der Waals surface area contributed by atoms with E-state index in [1.165, 1.54) is 91.0 Å². The lowest BCUT2D eigenvalue weighted by Crippen LogP contribution is -2.12. The van der Waals surface area contributed by atoms with Gasteiger partial charge in [0.05, 0.1) is 25.6 Å². The molecule has 31 heteroatoms. The highest BCUT2D eigenvalue weighted by Gasteiger charge is 2.31. The molecule has 0 fully saturated rings. The number of carbonyl (C=O) groups excluding carboxylic acids is 7. The zero-order valence-corrected chi connectivity index (χ0v) is 61.9. The van der Waals surface area contributed by atoms with E-state index in [9.17, 15) is 61.5 Å². The van der Waals surface area contributed by atoms with E-state index in [1.54, 1.807) is 30.3 Å². The lowest BCUT2D eigenvalue weighted by molar-refractivity contribution is -0.193. The molecular formula is C76H68Cl2F6N6O14S3. The van der Waals surface area contributed by atoms with Crippen molar-refractivity contribution in [3.63, 3.8) is 0 Å². The molecule has 1 unspecified atom stereocenters. The Kier molecular flexibility index (Phi) is 33.4. The summed E-state index contributed by atoms with van der Waals surface area (Å²) in [5.41, 5.74) is 7.54. The van der Waals surface area contributed by atoms with E-state index in [4.69, 9.17) is 52.0 Å². The maximum atomic E-state index is 14.1. The average molecular weight is 1570 g/mol. The SMILES string of the molecule is CCCn1c(C)c(C(O)c2cccnc2S(=O)(=O)c2ccc(F)cc2)c2cc(F)ccc21.CCCn1c(C)c(Cc2cccnc2S(=O)(=O)c2ccc(F)cc2)c2cc(F)ccc21.CCCn1c(C)cc2cc(F)ccc21.ClCCl.O=C=O.O=C=O.O=C=O.O=Cc1cccnc1S(=O)(=O)c1ccc(F)cc1. The standard InChI is InChI=1S/C24H22F2N2O3S.C24H22F2N2O2S.C12H8FNO3S.C12H14FN.CH2Cl2.3CO2/c1-3-13-28-15(2)22(20-14-17(26)8-11-21(20)28)23(29)19-5-4-12-27-24(19)32(30,31)18-9-6-16(25)7-10-18;1-3-13-28-16(2)21(22-15-19(26)8-11-23(22)28)14-17-5-4-12-27-24(17)31(29,30)20-9-6-18(25)7-10-20;13-10-3-5-11(6-4-10)18(16,17)12-9(8-15)2-1-7-14-12;1-3-6-14-9(2)7-10-8-11(13)4-5-12(10)14;4*2-1-3/h4-12,14,23,29H,3,13H2,1-2H3;4-12,15H,3,13-14H2,1-2H3;1-8H;4-5,7-8H,3,6H2,1-2H3;1H2;;;. The Morgan fingerprint density at radius 3 is 1.29 bits per heavy atom. The normalized spacial score (nSPS) is 11.0. The third-order valence-electron chi connectivity index (χ3n) is 15.8. The number of alkyl halides is 2. The summed E-state index contributed by atoms with van der Waals surface area (Å²) in [4.78, 5) is 71.2. The number of sulfone groups is 3. The van der Waals surface area contributed by atoms with Gasteiger partial charge in [-0.25, -0.2) is 66.5 Å². The fourth-order valence-corrected chi connectivity index (χ4v) is 15.5. The molecule has 0 aliphatic carbocycles. The van der Waals surface area contributed by atoms with Crippen molar-refractivity contribution in [3.05, 3.63) is 268 Å². The van der Waals surface area contributed by atoms with Crippen LogP contribution in [0.2, 0.25) is 0 Å². The van der Waals surface area contributed by atoms with Crippen LogP contribution in [0.15, 0.2) is 218 Å². The molecule has 560 valence electrons. The molecule has 0 amide bonds. The number of aldehydes is 1. The summed E-state index contributed by atoms with van der Waals surface area (Å²) in [5.74, 6) is -2.57. The molecule has 0 radical (unpaired) electrons. The first-order chi connectivity index (χ1) is 51.0. The van der Waals surface area contributed by atoms with Gasteiger partial charge in [-0.3, -0.25) is 4.79 Å². The molecule has 0 bridgehead atoms. The molecule has 0 saturated heterocycles. The number of aromatic nitrogens is 6. The highest BCUT2D eigenvalue weighted by molar-refractivity contribution is 7.92. The number of benzene rings is 6. The minimum Gasteiger partial charge on any atom is -0.383 e. The molecule has 6 aromatic carbocycles. The number of hydrogen-bond acceptors (Lipinski definition) is 17. The first kappa shape index (κ1) is 86.8. The van der Waals surface area contributed by atoms with Crippen LogP contribution in [0.5, 0.6) is 0 Å². The van der Waals surface area contributed by atoms with E-state index in [-0.39, 0.29) is 82.7 Å². The summed E-state index contributed by atoms with van der Waals surface area (Å²) >= 11 is 9.53.